The van der Waals surface area contributed by atoms with Gasteiger partial charge in [0.25, 0.3) is 0 Å². The lowest BCUT2D eigenvalue weighted by atomic mass is 9.62. The van der Waals surface area contributed by atoms with Crippen molar-refractivity contribution in [2.45, 2.75) is 60.3 Å². The number of aryl methyl sites for hydroxylation is 1. The van der Waals surface area contributed by atoms with Gasteiger partial charge in [-0.3, -0.25) is 9.69 Å². The number of rotatable bonds is 6. The van der Waals surface area contributed by atoms with E-state index in [9.17, 15) is 4.79 Å². The highest BCUT2D eigenvalue weighted by atomic mass is 16.2. The number of carbonyl (C=O) groups is 1. The number of fused-ring (bicyclic) bond motifs is 2. The molecule has 1 aromatic rings. The number of carbonyl (C=O) groups excluding carboxylic acids is 1. The van der Waals surface area contributed by atoms with Gasteiger partial charge in [-0.2, -0.15) is 0 Å². The van der Waals surface area contributed by atoms with Crippen LogP contribution in [-0.4, -0.2) is 61.5 Å². The minimum atomic E-state index is -0.139. The molecule has 1 unspecified atom stereocenters. The van der Waals surface area contributed by atoms with E-state index in [1.54, 1.807) is 0 Å². The molecule has 2 atom stereocenters. The lowest BCUT2D eigenvalue weighted by Crippen LogP contribution is -2.56. The third-order valence-corrected chi connectivity index (χ3v) is 9.08. The van der Waals surface area contributed by atoms with Crippen LogP contribution in [0, 0.1) is 30.6 Å². The molecule has 1 amide bonds. The molecule has 3 fully saturated rings. The molecule has 1 saturated carbocycles. The molecule has 2 heterocycles. The summed E-state index contributed by atoms with van der Waals surface area (Å²) in [6.45, 7) is 18.9. The van der Waals surface area contributed by atoms with Gasteiger partial charge >= 0.3 is 0 Å². The Balaban J connectivity index is 1.20. The van der Waals surface area contributed by atoms with Crippen molar-refractivity contribution >= 4 is 11.6 Å². The fourth-order valence-corrected chi connectivity index (χ4v) is 6.12. The van der Waals surface area contributed by atoms with Crippen LogP contribution in [0.3, 0.4) is 0 Å². The van der Waals surface area contributed by atoms with Crippen LogP contribution in [-0.2, 0) is 4.79 Å². The maximum Gasteiger partial charge on any atom is 0.229 e. The van der Waals surface area contributed by atoms with Crippen molar-refractivity contribution in [3.8, 4) is 0 Å². The van der Waals surface area contributed by atoms with Crippen LogP contribution >= 0.6 is 0 Å². The van der Waals surface area contributed by atoms with Crippen LogP contribution in [0.25, 0.3) is 0 Å². The summed E-state index contributed by atoms with van der Waals surface area (Å²) in [5.74, 6) is 1.10. The Hall–Kier alpha value is -1.55. The maximum absolute atomic E-state index is 13.1. The van der Waals surface area contributed by atoms with Gasteiger partial charge in [-0.15, -0.1) is 0 Å². The van der Waals surface area contributed by atoms with E-state index in [1.807, 2.05) is 0 Å². The van der Waals surface area contributed by atoms with Gasteiger partial charge in [-0.25, -0.2) is 0 Å². The van der Waals surface area contributed by atoms with E-state index in [-0.39, 0.29) is 10.8 Å². The van der Waals surface area contributed by atoms with Gasteiger partial charge in [0, 0.05) is 45.0 Å². The number of likely N-dealkylation sites (tertiary alicyclic amines) is 1. The Morgan fingerprint density at radius 2 is 1.70 bits per heavy atom. The minimum absolute atomic E-state index is 0.139. The molecular formula is C26H41N3O. The third kappa shape index (κ3) is 3.66. The van der Waals surface area contributed by atoms with Crippen molar-refractivity contribution in [2.75, 3.05) is 50.7 Å². The van der Waals surface area contributed by atoms with Crippen LogP contribution < -0.4 is 4.90 Å². The summed E-state index contributed by atoms with van der Waals surface area (Å²) in [5, 5.41) is 0. The Morgan fingerprint density at radius 1 is 1.00 bits per heavy atom. The Morgan fingerprint density at radius 3 is 2.43 bits per heavy atom. The van der Waals surface area contributed by atoms with E-state index in [0.29, 0.717) is 11.8 Å². The van der Waals surface area contributed by atoms with Crippen molar-refractivity contribution in [3.63, 3.8) is 0 Å². The van der Waals surface area contributed by atoms with Gasteiger partial charge in [0.2, 0.25) is 5.91 Å². The molecule has 0 N–H and O–H groups in total. The number of unbranched alkanes of at least 4 members (excludes halogenated alkanes) is 1. The molecule has 2 saturated heterocycles. The SMILES string of the molecule is Cc1cccc(N2CCN(CCCCN3CC4CC[C@@](C)(C3=O)C4(C)C)CC2)c1C. The van der Waals surface area contributed by atoms with Gasteiger partial charge in [-0.05, 0) is 74.6 Å². The minimum Gasteiger partial charge on any atom is -0.369 e. The molecule has 0 spiro atoms. The van der Waals surface area contributed by atoms with E-state index < -0.39 is 0 Å². The molecule has 2 bridgehead atoms. The molecule has 4 nitrogen and oxygen atoms in total. The van der Waals surface area contributed by atoms with Crippen LogP contribution in [0.1, 0.15) is 57.6 Å². The van der Waals surface area contributed by atoms with Gasteiger partial charge < -0.3 is 9.80 Å². The fraction of sp³-hybridized carbons (Fsp3) is 0.731. The standard InChI is InChI=1S/C26H41N3O/c1-20-9-8-10-23(21(20)2)28-17-15-27(16-18-28)13-6-7-14-29-19-22-11-12-26(5,24(29)30)25(22,3)4/h8-10,22H,6-7,11-19H2,1-5H3/t22?,26-/m0/s1. The summed E-state index contributed by atoms with van der Waals surface area (Å²) in [4.78, 5) is 20.5. The summed E-state index contributed by atoms with van der Waals surface area (Å²) >= 11 is 0. The Bertz CT molecular complexity index is 780. The number of anilines is 1. The molecule has 4 rings (SSSR count). The summed E-state index contributed by atoms with van der Waals surface area (Å²) in [5.41, 5.74) is 4.23. The van der Waals surface area contributed by atoms with Gasteiger partial charge in [0.1, 0.15) is 0 Å². The molecule has 4 heteroatoms. The van der Waals surface area contributed by atoms with Gasteiger partial charge in [-0.1, -0.05) is 32.9 Å². The summed E-state index contributed by atoms with van der Waals surface area (Å²) < 4.78 is 0. The van der Waals surface area contributed by atoms with Crippen LogP contribution in [0.4, 0.5) is 5.69 Å². The van der Waals surface area contributed by atoms with Crippen molar-refractivity contribution < 1.29 is 4.79 Å². The number of hydrogen-bond donors (Lipinski definition) is 0. The molecule has 166 valence electrons. The zero-order chi connectivity index (χ0) is 21.5. The second-order valence-electron chi connectivity index (χ2n) is 10.8. The fourth-order valence-electron chi connectivity index (χ4n) is 6.12. The number of nitrogens with zero attached hydrogens (tertiary/aromatic N) is 3. The average Bonchev–Trinajstić information content (AvgIpc) is 2.86. The van der Waals surface area contributed by atoms with E-state index in [0.717, 1.165) is 58.7 Å². The Kier molecular flexibility index (Phi) is 5.91. The number of benzene rings is 1. The van der Waals surface area contributed by atoms with Gasteiger partial charge in [0.05, 0.1) is 5.41 Å². The predicted octanol–water partition coefficient (Wildman–Crippen LogP) is 4.49. The van der Waals surface area contributed by atoms with Crippen molar-refractivity contribution in [2.24, 2.45) is 16.7 Å². The number of piperidine rings is 1. The lowest BCUT2D eigenvalue weighted by Gasteiger charge is -2.49. The van der Waals surface area contributed by atoms with E-state index in [2.05, 4.69) is 67.5 Å². The molecule has 0 radical (unpaired) electrons. The first-order chi connectivity index (χ1) is 14.2. The second kappa shape index (κ2) is 8.18. The summed E-state index contributed by atoms with van der Waals surface area (Å²) in [7, 11) is 0. The predicted molar refractivity (Wildman–Crippen MR) is 125 cm³/mol. The van der Waals surface area contributed by atoms with Crippen molar-refractivity contribution in [3.05, 3.63) is 29.3 Å². The molecule has 1 aromatic carbocycles. The van der Waals surface area contributed by atoms with Crippen molar-refractivity contribution in [1.82, 2.24) is 9.80 Å². The first-order valence-corrected chi connectivity index (χ1v) is 12.1. The molecule has 1 aliphatic carbocycles. The first kappa shape index (κ1) is 21.7. The summed E-state index contributed by atoms with van der Waals surface area (Å²) in [6, 6.07) is 6.65. The molecule has 2 aliphatic heterocycles. The largest absolute Gasteiger partial charge is 0.369 e. The molecule has 30 heavy (non-hydrogen) atoms. The van der Waals surface area contributed by atoms with Crippen molar-refractivity contribution in [1.29, 1.82) is 0 Å². The first-order valence-electron chi connectivity index (χ1n) is 12.1. The van der Waals surface area contributed by atoms with Crippen LogP contribution in [0.5, 0.6) is 0 Å². The van der Waals surface area contributed by atoms with E-state index in [1.165, 1.54) is 29.7 Å². The number of amides is 1. The second-order valence-corrected chi connectivity index (χ2v) is 10.8. The molecule has 3 aliphatic rings. The maximum atomic E-state index is 13.1. The van der Waals surface area contributed by atoms with Gasteiger partial charge in [0.15, 0.2) is 0 Å². The van der Waals surface area contributed by atoms with E-state index in [4.69, 9.17) is 0 Å². The molecular weight excluding hydrogens is 370 g/mol. The monoisotopic (exact) mass is 411 g/mol. The van der Waals surface area contributed by atoms with E-state index >= 15 is 0 Å². The highest BCUT2D eigenvalue weighted by Gasteiger charge is 2.60. The van der Waals surface area contributed by atoms with Crippen LogP contribution in [0.15, 0.2) is 18.2 Å². The highest BCUT2D eigenvalue weighted by molar-refractivity contribution is 5.85. The zero-order valence-corrected chi connectivity index (χ0v) is 19.8. The zero-order valence-electron chi connectivity index (χ0n) is 19.8. The highest BCUT2D eigenvalue weighted by Crippen LogP contribution is 2.59. The lowest BCUT2D eigenvalue weighted by molar-refractivity contribution is -0.155. The molecule has 0 aromatic heterocycles. The normalized spacial score (nSPS) is 29.0. The number of piperazine rings is 1. The summed E-state index contributed by atoms with van der Waals surface area (Å²) in [6.07, 6.45) is 4.62. The topological polar surface area (TPSA) is 26.8 Å². The smallest absolute Gasteiger partial charge is 0.229 e. The quantitative estimate of drug-likeness (QED) is 0.645. The average molecular weight is 412 g/mol. The number of hydrogen-bond acceptors (Lipinski definition) is 3. The third-order valence-electron chi connectivity index (χ3n) is 9.08. The Labute approximate surface area is 183 Å². The van der Waals surface area contributed by atoms with Crippen LogP contribution in [0.2, 0.25) is 0 Å².